The van der Waals surface area contributed by atoms with E-state index in [0.29, 0.717) is 11.4 Å². The number of nitrogen functional groups attached to an aromatic ring is 1. The lowest BCUT2D eigenvalue weighted by Crippen LogP contribution is -2.18. The molecule has 0 aliphatic heterocycles. The molecule has 0 radical (unpaired) electrons. The molecule has 0 saturated heterocycles. The number of nitrogens with one attached hydrogen (secondary N) is 1. The lowest BCUT2D eigenvalue weighted by Gasteiger charge is -2.03. The summed E-state index contributed by atoms with van der Waals surface area (Å²) in [5.74, 6) is -0.236. The van der Waals surface area contributed by atoms with E-state index in [1.807, 2.05) is 0 Å². The number of rotatable bonds is 3. The summed E-state index contributed by atoms with van der Waals surface area (Å²) >= 11 is 0. The Bertz CT molecular complexity index is 348. The molecule has 0 heterocycles. The van der Waals surface area contributed by atoms with Crippen LogP contribution in [0.4, 0.5) is 11.4 Å². The van der Waals surface area contributed by atoms with Gasteiger partial charge in [-0.25, -0.2) is 0 Å². The third-order valence-corrected chi connectivity index (χ3v) is 2.20. The summed E-state index contributed by atoms with van der Waals surface area (Å²) in [7, 11) is -1.11. The van der Waals surface area contributed by atoms with Crippen LogP contribution in [0.15, 0.2) is 24.3 Å². The van der Waals surface area contributed by atoms with Crippen LogP contribution < -0.4 is 11.1 Å². The zero-order valence-corrected chi connectivity index (χ0v) is 8.64. The molecule has 0 aliphatic rings. The second kappa shape index (κ2) is 4.76. The number of hydrogen-bond acceptors (Lipinski definition) is 3. The third kappa shape index (κ3) is 3.57. The first-order chi connectivity index (χ1) is 6.58. The molecule has 76 valence electrons. The largest absolute Gasteiger partial charge is 0.399 e. The van der Waals surface area contributed by atoms with E-state index in [1.165, 1.54) is 6.26 Å². The maximum absolute atomic E-state index is 11.2. The Balaban J connectivity index is 2.56. The Morgan fingerprint density at radius 1 is 1.43 bits per heavy atom. The molecule has 0 saturated carbocycles. The normalized spacial score (nSPS) is 12.1. The highest BCUT2D eigenvalue weighted by Gasteiger charge is 2.03. The fourth-order valence-corrected chi connectivity index (χ4v) is 1.39. The first-order valence-corrected chi connectivity index (χ1v) is 5.76. The second-order valence-electron chi connectivity index (χ2n) is 2.89. The Morgan fingerprint density at radius 3 is 2.50 bits per heavy atom. The number of anilines is 2. The second-order valence-corrected chi connectivity index (χ2v) is 4.32. The number of amides is 1. The van der Waals surface area contributed by atoms with Crippen molar-refractivity contribution in [3.63, 3.8) is 0 Å². The maximum Gasteiger partial charge on any atom is 0.236 e. The van der Waals surface area contributed by atoms with Crippen molar-refractivity contribution >= 4 is 28.1 Å². The van der Waals surface area contributed by atoms with Crippen molar-refractivity contribution in [2.45, 2.75) is 0 Å². The molecule has 1 aromatic rings. The molecule has 1 amide bonds. The lowest BCUT2D eigenvalue weighted by molar-refractivity contribution is -0.113. The van der Waals surface area contributed by atoms with Gasteiger partial charge in [0.25, 0.3) is 0 Å². The molecule has 1 rings (SSSR count). The molecule has 4 nitrogen and oxygen atoms in total. The smallest absolute Gasteiger partial charge is 0.236 e. The molecule has 3 N–H and O–H groups in total. The topological polar surface area (TPSA) is 72.2 Å². The van der Waals surface area contributed by atoms with Crippen LogP contribution in [-0.4, -0.2) is 22.1 Å². The molecular formula is C9H12N2O2S. The number of benzene rings is 1. The average Bonchev–Trinajstić information content (AvgIpc) is 2.07. The highest BCUT2D eigenvalue weighted by molar-refractivity contribution is 7.85. The molecule has 1 atom stereocenters. The fourth-order valence-electron chi connectivity index (χ4n) is 0.948. The van der Waals surface area contributed by atoms with Gasteiger partial charge in [-0.05, 0) is 24.3 Å². The summed E-state index contributed by atoms with van der Waals surface area (Å²) in [6, 6.07) is 6.79. The molecular weight excluding hydrogens is 200 g/mol. The maximum atomic E-state index is 11.2. The van der Waals surface area contributed by atoms with Crippen molar-refractivity contribution < 1.29 is 9.00 Å². The molecule has 0 bridgehead atoms. The van der Waals surface area contributed by atoms with Crippen molar-refractivity contribution in [2.24, 2.45) is 0 Å². The Morgan fingerprint density at radius 2 is 2.00 bits per heavy atom. The summed E-state index contributed by atoms with van der Waals surface area (Å²) in [6.07, 6.45) is 1.49. The predicted octanol–water partition coefficient (Wildman–Crippen LogP) is 0.586. The van der Waals surface area contributed by atoms with Gasteiger partial charge < -0.3 is 11.1 Å². The molecule has 5 heteroatoms. The van der Waals surface area contributed by atoms with E-state index < -0.39 is 10.8 Å². The molecule has 0 spiro atoms. The Hall–Kier alpha value is -1.36. The number of carbonyl (C=O) groups is 1. The lowest BCUT2D eigenvalue weighted by atomic mass is 10.3. The molecule has 1 aromatic carbocycles. The van der Waals surface area contributed by atoms with Crippen LogP contribution in [0, 0.1) is 0 Å². The standard InChI is InChI=1S/C9H12N2O2S/c1-14(13)6-9(12)11-8-4-2-7(10)3-5-8/h2-5H,6,10H2,1H3,(H,11,12). The van der Waals surface area contributed by atoms with Gasteiger partial charge in [-0.3, -0.25) is 9.00 Å². The van der Waals surface area contributed by atoms with Gasteiger partial charge in [0, 0.05) is 28.4 Å². The zero-order chi connectivity index (χ0) is 10.6. The highest BCUT2D eigenvalue weighted by atomic mass is 32.2. The van der Waals surface area contributed by atoms with E-state index in [-0.39, 0.29) is 11.7 Å². The van der Waals surface area contributed by atoms with Gasteiger partial charge in [-0.2, -0.15) is 0 Å². The van der Waals surface area contributed by atoms with Gasteiger partial charge in [-0.1, -0.05) is 0 Å². The van der Waals surface area contributed by atoms with Crippen LogP contribution in [0.25, 0.3) is 0 Å². The highest BCUT2D eigenvalue weighted by Crippen LogP contribution is 2.09. The number of hydrogen-bond donors (Lipinski definition) is 2. The summed E-state index contributed by atoms with van der Waals surface area (Å²) in [5.41, 5.74) is 6.78. The van der Waals surface area contributed by atoms with Gasteiger partial charge in [0.05, 0.1) is 0 Å². The van der Waals surface area contributed by atoms with Gasteiger partial charge in [0.15, 0.2) is 0 Å². The van der Waals surface area contributed by atoms with Crippen LogP contribution in [-0.2, 0) is 15.6 Å². The Labute approximate surface area is 85.0 Å². The first kappa shape index (κ1) is 10.7. The summed E-state index contributed by atoms with van der Waals surface area (Å²) in [6.45, 7) is 0. The van der Waals surface area contributed by atoms with E-state index in [1.54, 1.807) is 24.3 Å². The molecule has 1 unspecified atom stereocenters. The minimum Gasteiger partial charge on any atom is -0.399 e. The van der Waals surface area contributed by atoms with Crippen molar-refractivity contribution in [3.8, 4) is 0 Å². The monoisotopic (exact) mass is 212 g/mol. The number of carbonyl (C=O) groups excluding carboxylic acids is 1. The minimum atomic E-state index is -1.11. The van der Waals surface area contributed by atoms with Crippen molar-refractivity contribution in [3.05, 3.63) is 24.3 Å². The zero-order valence-electron chi connectivity index (χ0n) is 7.82. The Kier molecular flexibility index (Phi) is 3.64. The van der Waals surface area contributed by atoms with Gasteiger partial charge in [0.1, 0.15) is 5.75 Å². The van der Waals surface area contributed by atoms with Crippen LogP contribution >= 0.6 is 0 Å². The van der Waals surface area contributed by atoms with Crippen LogP contribution in [0.2, 0.25) is 0 Å². The summed E-state index contributed by atoms with van der Waals surface area (Å²) in [5, 5.41) is 2.61. The van der Waals surface area contributed by atoms with Gasteiger partial charge in [0.2, 0.25) is 5.91 Å². The van der Waals surface area contributed by atoms with Crippen molar-refractivity contribution in [1.82, 2.24) is 0 Å². The average molecular weight is 212 g/mol. The third-order valence-electron chi connectivity index (χ3n) is 1.53. The quantitative estimate of drug-likeness (QED) is 0.720. The van der Waals surface area contributed by atoms with Crippen LogP contribution in [0.5, 0.6) is 0 Å². The molecule has 0 aliphatic carbocycles. The molecule has 0 fully saturated rings. The van der Waals surface area contributed by atoms with Gasteiger partial charge >= 0.3 is 0 Å². The fraction of sp³-hybridized carbons (Fsp3) is 0.222. The van der Waals surface area contributed by atoms with Crippen LogP contribution in [0.3, 0.4) is 0 Å². The van der Waals surface area contributed by atoms with Crippen molar-refractivity contribution in [1.29, 1.82) is 0 Å². The van der Waals surface area contributed by atoms with E-state index >= 15 is 0 Å². The van der Waals surface area contributed by atoms with E-state index in [2.05, 4.69) is 5.32 Å². The number of nitrogens with two attached hydrogens (primary N) is 1. The predicted molar refractivity (Wildman–Crippen MR) is 58.4 cm³/mol. The molecule has 14 heavy (non-hydrogen) atoms. The summed E-state index contributed by atoms with van der Waals surface area (Å²) in [4.78, 5) is 11.2. The van der Waals surface area contributed by atoms with Crippen LogP contribution in [0.1, 0.15) is 0 Å². The van der Waals surface area contributed by atoms with Gasteiger partial charge in [-0.15, -0.1) is 0 Å². The SMILES string of the molecule is CS(=O)CC(=O)Nc1ccc(N)cc1. The van der Waals surface area contributed by atoms with Crippen molar-refractivity contribution in [2.75, 3.05) is 23.1 Å². The van der Waals surface area contributed by atoms with E-state index in [4.69, 9.17) is 5.73 Å². The summed E-state index contributed by atoms with van der Waals surface area (Å²) < 4.78 is 10.7. The van der Waals surface area contributed by atoms with E-state index in [0.717, 1.165) is 0 Å². The van der Waals surface area contributed by atoms with E-state index in [9.17, 15) is 9.00 Å². The molecule has 0 aromatic heterocycles. The minimum absolute atomic E-state index is 0.0182. The first-order valence-electron chi connectivity index (χ1n) is 4.03.